The van der Waals surface area contributed by atoms with Crippen molar-refractivity contribution >= 4 is 6.29 Å². The summed E-state index contributed by atoms with van der Waals surface area (Å²) in [5.41, 5.74) is 2.89. The van der Waals surface area contributed by atoms with Crippen LogP contribution in [0.15, 0.2) is 66.7 Å². The number of carbonyl (C=O) groups is 1. The maximum absolute atomic E-state index is 13.3. The van der Waals surface area contributed by atoms with Gasteiger partial charge < -0.3 is 9.47 Å². The van der Waals surface area contributed by atoms with Crippen LogP contribution in [0.3, 0.4) is 0 Å². The Morgan fingerprint density at radius 3 is 2.36 bits per heavy atom. The molecule has 0 fully saturated rings. The SMILES string of the molecule is COc1cc(C=O)cc(-c2ccc(F)cc2)c1OCc1ccccc1. The number of aldehydes is 1. The predicted octanol–water partition coefficient (Wildman–Crippen LogP) is 4.89. The summed E-state index contributed by atoms with van der Waals surface area (Å²) in [5.74, 6) is 0.650. The number of hydrogen-bond acceptors (Lipinski definition) is 3. The van der Waals surface area contributed by atoms with E-state index in [0.29, 0.717) is 29.2 Å². The second-order valence-electron chi connectivity index (χ2n) is 5.50. The number of rotatable bonds is 6. The third-order valence-corrected chi connectivity index (χ3v) is 3.81. The lowest BCUT2D eigenvalue weighted by Gasteiger charge is -2.16. The Kier molecular flexibility index (Phi) is 5.09. The van der Waals surface area contributed by atoms with Crippen LogP contribution in [0, 0.1) is 5.82 Å². The van der Waals surface area contributed by atoms with Crippen LogP contribution in [0.2, 0.25) is 0 Å². The van der Waals surface area contributed by atoms with Gasteiger partial charge in [0.25, 0.3) is 0 Å². The van der Waals surface area contributed by atoms with Crippen LogP contribution in [0.5, 0.6) is 11.5 Å². The summed E-state index contributed by atoms with van der Waals surface area (Å²) in [7, 11) is 1.52. The molecule has 0 aromatic heterocycles. The standard InChI is InChI=1S/C21H17FO3/c1-24-20-12-16(13-23)11-19(17-7-9-18(22)10-8-17)21(20)25-14-15-5-3-2-4-6-15/h2-13H,14H2,1H3. The maximum Gasteiger partial charge on any atom is 0.169 e. The number of halogens is 1. The first-order valence-electron chi connectivity index (χ1n) is 7.81. The average molecular weight is 336 g/mol. The summed E-state index contributed by atoms with van der Waals surface area (Å²) >= 11 is 0. The Hall–Kier alpha value is -3.14. The van der Waals surface area contributed by atoms with Crippen LogP contribution < -0.4 is 9.47 Å². The molecule has 3 aromatic rings. The molecule has 0 aliphatic heterocycles. The highest BCUT2D eigenvalue weighted by Gasteiger charge is 2.15. The van der Waals surface area contributed by atoms with Gasteiger partial charge >= 0.3 is 0 Å². The summed E-state index contributed by atoms with van der Waals surface area (Å²) in [6.45, 7) is 0.353. The van der Waals surface area contributed by atoms with Crippen LogP contribution >= 0.6 is 0 Å². The number of ether oxygens (including phenoxy) is 2. The van der Waals surface area contributed by atoms with Gasteiger partial charge in [-0.15, -0.1) is 0 Å². The molecule has 0 atom stereocenters. The van der Waals surface area contributed by atoms with E-state index in [0.717, 1.165) is 17.4 Å². The van der Waals surface area contributed by atoms with Gasteiger partial charge in [-0.1, -0.05) is 42.5 Å². The molecule has 0 unspecified atom stereocenters. The van der Waals surface area contributed by atoms with E-state index in [1.54, 1.807) is 24.3 Å². The largest absolute Gasteiger partial charge is 0.493 e. The van der Waals surface area contributed by atoms with Crippen LogP contribution in [0.1, 0.15) is 15.9 Å². The molecular formula is C21H17FO3. The van der Waals surface area contributed by atoms with Crippen molar-refractivity contribution in [1.29, 1.82) is 0 Å². The molecule has 4 heteroatoms. The van der Waals surface area contributed by atoms with Crippen molar-refractivity contribution in [3.63, 3.8) is 0 Å². The molecule has 0 aliphatic carbocycles. The zero-order valence-corrected chi connectivity index (χ0v) is 13.7. The van der Waals surface area contributed by atoms with Gasteiger partial charge in [-0.2, -0.15) is 0 Å². The topological polar surface area (TPSA) is 35.5 Å². The van der Waals surface area contributed by atoms with Gasteiger partial charge in [0.05, 0.1) is 7.11 Å². The number of carbonyl (C=O) groups excluding carboxylic acids is 1. The molecule has 126 valence electrons. The van der Waals surface area contributed by atoms with Gasteiger partial charge in [-0.3, -0.25) is 4.79 Å². The molecule has 0 amide bonds. The second kappa shape index (κ2) is 7.62. The van der Waals surface area contributed by atoms with E-state index in [9.17, 15) is 9.18 Å². The van der Waals surface area contributed by atoms with E-state index >= 15 is 0 Å². The van der Waals surface area contributed by atoms with Gasteiger partial charge in [0.2, 0.25) is 0 Å². The fourth-order valence-corrected chi connectivity index (χ4v) is 2.57. The molecule has 0 N–H and O–H groups in total. The Labute approximate surface area is 145 Å². The van der Waals surface area contributed by atoms with Gasteiger partial charge in [0.15, 0.2) is 11.5 Å². The van der Waals surface area contributed by atoms with Gasteiger partial charge in [-0.05, 0) is 35.4 Å². The minimum atomic E-state index is -0.325. The maximum atomic E-state index is 13.3. The molecule has 25 heavy (non-hydrogen) atoms. The molecule has 0 saturated heterocycles. The Morgan fingerprint density at radius 1 is 1.00 bits per heavy atom. The van der Waals surface area contributed by atoms with Crippen molar-refractivity contribution in [2.24, 2.45) is 0 Å². The van der Waals surface area contributed by atoms with Crippen molar-refractivity contribution < 1.29 is 18.7 Å². The highest BCUT2D eigenvalue weighted by atomic mass is 19.1. The highest BCUT2D eigenvalue weighted by molar-refractivity contribution is 5.84. The number of benzene rings is 3. The number of hydrogen-bond donors (Lipinski definition) is 0. The normalized spacial score (nSPS) is 10.3. The quantitative estimate of drug-likeness (QED) is 0.601. The molecule has 3 aromatic carbocycles. The van der Waals surface area contributed by atoms with E-state index < -0.39 is 0 Å². The zero-order chi connectivity index (χ0) is 17.6. The lowest BCUT2D eigenvalue weighted by molar-refractivity contribution is 0.112. The third kappa shape index (κ3) is 3.86. The van der Waals surface area contributed by atoms with Crippen molar-refractivity contribution in [2.75, 3.05) is 7.11 Å². The first-order chi connectivity index (χ1) is 12.2. The highest BCUT2D eigenvalue weighted by Crippen LogP contribution is 2.39. The lowest BCUT2D eigenvalue weighted by atomic mass is 10.0. The monoisotopic (exact) mass is 336 g/mol. The summed E-state index contributed by atoms with van der Waals surface area (Å²) in [5, 5.41) is 0. The minimum Gasteiger partial charge on any atom is -0.493 e. The summed E-state index contributed by atoms with van der Waals surface area (Å²) in [6, 6.07) is 19.1. The average Bonchev–Trinajstić information content (AvgIpc) is 2.67. The Bertz CT molecular complexity index is 858. The van der Waals surface area contributed by atoms with Crippen LogP contribution in [0.4, 0.5) is 4.39 Å². The molecule has 0 spiro atoms. The summed E-state index contributed by atoms with van der Waals surface area (Å²) in [4.78, 5) is 11.2. The van der Waals surface area contributed by atoms with E-state index in [2.05, 4.69) is 0 Å². The smallest absolute Gasteiger partial charge is 0.169 e. The van der Waals surface area contributed by atoms with E-state index in [1.807, 2.05) is 30.3 Å². The van der Waals surface area contributed by atoms with E-state index in [1.165, 1.54) is 19.2 Å². The van der Waals surface area contributed by atoms with Gasteiger partial charge in [0.1, 0.15) is 18.7 Å². The van der Waals surface area contributed by atoms with Crippen LogP contribution in [-0.2, 0) is 6.61 Å². The van der Waals surface area contributed by atoms with E-state index in [-0.39, 0.29) is 5.82 Å². The first kappa shape index (κ1) is 16.7. The first-order valence-corrected chi connectivity index (χ1v) is 7.81. The van der Waals surface area contributed by atoms with Crippen molar-refractivity contribution in [3.8, 4) is 22.6 Å². The molecule has 3 rings (SSSR count). The molecule has 0 radical (unpaired) electrons. The lowest BCUT2D eigenvalue weighted by Crippen LogP contribution is -2.01. The van der Waals surface area contributed by atoms with Crippen molar-refractivity contribution in [1.82, 2.24) is 0 Å². The Morgan fingerprint density at radius 2 is 1.72 bits per heavy atom. The van der Waals surface area contributed by atoms with Crippen molar-refractivity contribution in [2.45, 2.75) is 6.61 Å². The molecule has 3 nitrogen and oxygen atoms in total. The third-order valence-electron chi connectivity index (χ3n) is 3.81. The number of methoxy groups -OCH3 is 1. The predicted molar refractivity (Wildman–Crippen MR) is 94.5 cm³/mol. The van der Waals surface area contributed by atoms with Crippen molar-refractivity contribution in [3.05, 3.63) is 83.7 Å². The molecule has 0 heterocycles. The molecule has 0 saturated carbocycles. The molecular weight excluding hydrogens is 319 g/mol. The second-order valence-corrected chi connectivity index (χ2v) is 5.50. The van der Waals surface area contributed by atoms with Gasteiger partial charge in [0, 0.05) is 11.1 Å². The van der Waals surface area contributed by atoms with Crippen LogP contribution in [0.25, 0.3) is 11.1 Å². The zero-order valence-electron chi connectivity index (χ0n) is 13.7. The van der Waals surface area contributed by atoms with Crippen LogP contribution in [-0.4, -0.2) is 13.4 Å². The fraction of sp³-hybridized carbons (Fsp3) is 0.0952. The van der Waals surface area contributed by atoms with E-state index in [4.69, 9.17) is 9.47 Å². The molecule has 0 bridgehead atoms. The fourth-order valence-electron chi connectivity index (χ4n) is 2.57. The summed E-state index contributed by atoms with van der Waals surface area (Å²) in [6.07, 6.45) is 0.747. The Balaban J connectivity index is 2.04. The minimum absolute atomic E-state index is 0.325. The summed E-state index contributed by atoms with van der Waals surface area (Å²) < 4.78 is 24.7. The molecule has 0 aliphatic rings. The van der Waals surface area contributed by atoms with Gasteiger partial charge in [-0.25, -0.2) is 4.39 Å².